The predicted molar refractivity (Wildman–Crippen MR) is 116 cm³/mol. The van der Waals surface area contributed by atoms with Crippen LogP contribution < -0.4 is 4.74 Å². The molecule has 0 bridgehead atoms. The van der Waals surface area contributed by atoms with Crippen LogP contribution in [-0.2, 0) is 11.2 Å². The minimum Gasteiger partial charge on any atom is -0.478 e. The normalized spacial score (nSPS) is 12.1. The van der Waals surface area contributed by atoms with E-state index < -0.39 is 12.1 Å². The van der Waals surface area contributed by atoms with Crippen molar-refractivity contribution in [1.29, 1.82) is 0 Å². The SMILES string of the molecule is O=C(O)[C@@H](Cc1ccccc1)Oc1c(Cl)cc(-c2ccc3[nH]ccc3c2)cc1Cl. The van der Waals surface area contributed by atoms with Crippen molar-refractivity contribution in [3.8, 4) is 16.9 Å². The molecule has 4 rings (SSSR count). The first-order valence-corrected chi connectivity index (χ1v) is 9.77. The maximum absolute atomic E-state index is 11.7. The molecule has 0 unspecified atom stereocenters. The van der Waals surface area contributed by atoms with Gasteiger partial charge in [-0.15, -0.1) is 0 Å². The number of H-pyrrole nitrogens is 1. The largest absolute Gasteiger partial charge is 0.478 e. The Morgan fingerprint density at radius 2 is 1.69 bits per heavy atom. The van der Waals surface area contributed by atoms with Crippen molar-refractivity contribution >= 4 is 40.1 Å². The van der Waals surface area contributed by atoms with Gasteiger partial charge in [0.05, 0.1) is 10.0 Å². The molecule has 1 atom stereocenters. The summed E-state index contributed by atoms with van der Waals surface area (Å²) in [5.74, 6) is -0.911. The summed E-state index contributed by atoms with van der Waals surface area (Å²) >= 11 is 12.8. The Morgan fingerprint density at radius 3 is 2.38 bits per heavy atom. The van der Waals surface area contributed by atoms with Crippen LogP contribution in [0.15, 0.2) is 72.9 Å². The zero-order chi connectivity index (χ0) is 20.4. The molecule has 0 fully saturated rings. The lowest BCUT2D eigenvalue weighted by atomic mass is 10.0. The van der Waals surface area contributed by atoms with Crippen molar-refractivity contribution in [3.63, 3.8) is 0 Å². The average molecular weight is 426 g/mol. The van der Waals surface area contributed by atoms with E-state index in [0.717, 1.165) is 27.6 Å². The molecule has 0 aliphatic rings. The number of aromatic amines is 1. The molecule has 3 aromatic carbocycles. The summed E-state index contributed by atoms with van der Waals surface area (Å²) in [5.41, 5.74) is 3.66. The maximum atomic E-state index is 11.7. The number of aromatic nitrogens is 1. The zero-order valence-corrected chi connectivity index (χ0v) is 16.7. The average Bonchev–Trinajstić information content (AvgIpc) is 3.18. The lowest BCUT2D eigenvalue weighted by Crippen LogP contribution is -2.29. The van der Waals surface area contributed by atoms with E-state index in [1.807, 2.05) is 60.8 Å². The van der Waals surface area contributed by atoms with Crippen molar-refractivity contribution in [1.82, 2.24) is 4.98 Å². The summed E-state index contributed by atoms with van der Waals surface area (Å²) in [6.45, 7) is 0. The first-order valence-electron chi connectivity index (χ1n) is 9.01. The van der Waals surface area contributed by atoms with Crippen LogP contribution in [0, 0.1) is 0 Å². The van der Waals surface area contributed by atoms with Crippen molar-refractivity contribution < 1.29 is 14.6 Å². The number of carboxylic acid groups (broad SMARTS) is 1. The Hall–Kier alpha value is -2.95. The smallest absolute Gasteiger partial charge is 0.345 e. The minimum atomic E-state index is -1.10. The number of rotatable bonds is 6. The van der Waals surface area contributed by atoms with Gasteiger partial charge in [-0.1, -0.05) is 59.6 Å². The molecule has 0 aliphatic carbocycles. The minimum absolute atomic E-state index is 0.170. The highest BCUT2D eigenvalue weighted by atomic mass is 35.5. The highest BCUT2D eigenvalue weighted by Gasteiger charge is 2.23. The number of hydrogen-bond acceptors (Lipinski definition) is 2. The molecule has 0 saturated heterocycles. The van der Waals surface area contributed by atoms with Crippen LogP contribution in [0.25, 0.3) is 22.0 Å². The summed E-state index contributed by atoms with van der Waals surface area (Å²) in [6.07, 6.45) is 0.980. The maximum Gasteiger partial charge on any atom is 0.345 e. The summed E-state index contributed by atoms with van der Waals surface area (Å²) in [7, 11) is 0. The van der Waals surface area contributed by atoms with Crippen LogP contribution in [0.4, 0.5) is 0 Å². The molecule has 2 N–H and O–H groups in total. The lowest BCUT2D eigenvalue weighted by Gasteiger charge is -2.18. The number of halogens is 2. The number of ether oxygens (including phenoxy) is 1. The van der Waals surface area contributed by atoms with E-state index >= 15 is 0 Å². The van der Waals surface area contributed by atoms with Gasteiger partial charge in [0.25, 0.3) is 0 Å². The second-order valence-corrected chi connectivity index (χ2v) is 7.50. The van der Waals surface area contributed by atoms with Gasteiger partial charge in [-0.25, -0.2) is 4.79 Å². The van der Waals surface area contributed by atoms with Gasteiger partial charge in [0.15, 0.2) is 11.9 Å². The molecule has 0 amide bonds. The van der Waals surface area contributed by atoms with E-state index in [9.17, 15) is 9.90 Å². The molecule has 6 heteroatoms. The van der Waals surface area contributed by atoms with Crippen molar-refractivity contribution in [3.05, 3.63) is 88.5 Å². The van der Waals surface area contributed by atoms with Crippen LogP contribution in [0.5, 0.6) is 5.75 Å². The van der Waals surface area contributed by atoms with Crippen LogP contribution >= 0.6 is 23.2 Å². The molecule has 146 valence electrons. The van der Waals surface area contributed by atoms with Crippen LogP contribution in [0.2, 0.25) is 10.0 Å². The monoisotopic (exact) mass is 425 g/mol. The molecule has 4 aromatic rings. The molecule has 0 radical (unpaired) electrons. The highest BCUT2D eigenvalue weighted by Crippen LogP contribution is 2.39. The molecule has 1 aromatic heterocycles. The molecule has 29 heavy (non-hydrogen) atoms. The Bertz CT molecular complexity index is 1150. The van der Waals surface area contributed by atoms with Gasteiger partial charge in [0.1, 0.15) is 0 Å². The molecule has 0 aliphatic heterocycles. The van der Waals surface area contributed by atoms with Gasteiger partial charge in [-0.2, -0.15) is 0 Å². The zero-order valence-electron chi connectivity index (χ0n) is 15.2. The number of aliphatic carboxylic acids is 1. The van der Waals surface area contributed by atoms with Crippen molar-refractivity contribution in [2.24, 2.45) is 0 Å². The molecule has 4 nitrogen and oxygen atoms in total. The van der Waals surface area contributed by atoms with Crippen LogP contribution in [-0.4, -0.2) is 22.2 Å². The van der Waals surface area contributed by atoms with Crippen LogP contribution in [0.3, 0.4) is 0 Å². The Kier molecular flexibility index (Phi) is 5.47. The number of carbonyl (C=O) groups is 1. The van der Waals surface area contributed by atoms with Gasteiger partial charge in [0.2, 0.25) is 0 Å². The van der Waals surface area contributed by atoms with Gasteiger partial charge in [-0.3, -0.25) is 0 Å². The second-order valence-electron chi connectivity index (χ2n) is 6.68. The van der Waals surface area contributed by atoms with Gasteiger partial charge in [0, 0.05) is 18.1 Å². The third-order valence-electron chi connectivity index (χ3n) is 4.68. The summed E-state index contributed by atoms with van der Waals surface area (Å²) in [5, 5.41) is 11.2. The number of carboxylic acids is 1. The van der Waals surface area contributed by atoms with Crippen molar-refractivity contribution in [2.75, 3.05) is 0 Å². The van der Waals surface area contributed by atoms with Gasteiger partial charge in [-0.05, 0) is 52.4 Å². The Balaban J connectivity index is 1.63. The molecule has 1 heterocycles. The van der Waals surface area contributed by atoms with Crippen molar-refractivity contribution in [2.45, 2.75) is 12.5 Å². The highest BCUT2D eigenvalue weighted by molar-refractivity contribution is 6.37. The quantitative estimate of drug-likeness (QED) is 0.385. The first kappa shape index (κ1) is 19.4. The van der Waals surface area contributed by atoms with Gasteiger partial charge >= 0.3 is 5.97 Å². The number of hydrogen-bond donors (Lipinski definition) is 2. The van der Waals surface area contributed by atoms with E-state index in [2.05, 4.69) is 4.98 Å². The van der Waals surface area contributed by atoms with E-state index in [1.165, 1.54) is 0 Å². The van der Waals surface area contributed by atoms with E-state index in [4.69, 9.17) is 27.9 Å². The fourth-order valence-corrected chi connectivity index (χ4v) is 3.80. The Labute approximate surface area is 177 Å². The molecular weight excluding hydrogens is 409 g/mol. The van der Waals surface area contributed by atoms with Crippen LogP contribution in [0.1, 0.15) is 5.56 Å². The third kappa shape index (κ3) is 4.24. The van der Waals surface area contributed by atoms with E-state index in [-0.39, 0.29) is 22.2 Å². The van der Waals surface area contributed by atoms with E-state index in [1.54, 1.807) is 12.1 Å². The summed E-state index contributed by atoms with van der Waals surface area (Å²) in [6, 6.07) is 20.7. The standard InChI is InChI=1S/C23H17Cl2NO3/c24-18-12-17(15-6-7-20-16(11-15)8-9-26-20)13-19(25)22(18)29-21(23(27)28)10-14-4-2-1-3-5-14/h1-9,11-13,21,26H,10H2,(H,27,28)/t21-/m1/s1. The number of benzene rings is 3. The Morgan fingerprint density at radius 1 is 0.966 bits per heavy atom. The number of nitrogens with one attached hydrogen (secondary N) is 1. The topological polar surface area (TPSA) is 62.3 Å². The molecule has 0 saturated carbocycles. The number of fused-ring (bicyclic) bond motifs is 1. The third-order valence-corrected chi connectivity index (χ3v) is 5.25. The summed E-state index contributed by atoms with van der Waals surface area (Å²) in [4.78, 5) is 14.9. The van der Waals surface area contributed by atoms with Gasteiger partial charge < -0.3 is 14.8 Å². The fourth-order valence-electron chi connectivity index (χ4n) is 3.22. The fraction of sp³-hybridized carbons (Fsp3) is 0.0870. The molecular formula is C23H17Cl2NO3. The summed E-state index contributed by atoms with van der Waals surface area (Å²) < 4.78 is 5.72. The first-order chi connectivity index (χ1) is 14.0. The lowest BCUT2D eigenvalue weighted by molar-refractivity contribution is -0.145. The predicted octanol–water partition coefficient (Wildman–Crippen LogP) is 6.22. The molecule has 0 spiro atoms. The second kappa shape index (κ2) is 8.19. The van der Waals surface area contributed by atoms with E-state index in [0.29, 0.717) is 0 Å².